The number of hydrogen-bond acceptors (Lipinski definition) is 4. The van der Waals surface area contributed by atoms with Gasteiger partial charge in [-0.2, -0.15) is 0 Å². The first kappa shape index (κ1) is 15.2. The highest BCUT2D eigenvalue weighted by molar-refractivity contribution is 5.74. The van der Waals surface area contributed by atoms with E-state index in [1.54, 1.807) is 4.68 Å². The van der Waals surface area contributed by atoms with Gasteiger partial charge in [-0.15, -0.1) is 5.10 Å². The summed E-state index contributed by atoms with van der Waals surface area (Å²) >= 11 is 0. The molecule has 0 atom stereocenters. The fourth-order valence-corrected chi connectivity index (χ4v) is 2.52. The first-order valence-electron chi connectivity index (χ1n) is 7.30. The molecular formula is C16H22N4O. The maximum absolute atomic E-state index is 11.2. The second-order valence-corrected chi connectivity index (χ2v) is 5.31. The van der Waals surface area contributed by atoms with Gasteiger partial charge in [-0.05, 0) is 37.1 Å². The number of carbonyl (C=O) groups is 1. The van der Waals surface area contributed by atoms with Crippen LogP contribution >= 0.6 is 0 Å². The van der Waals surface area contributed by atoms with E-state index in [2.05, 4.69) is 24.2 Å². The van der Waals surface area contributed by atoms with Crippen LogP contribution in [-0.2, 0) is 0 Å². The Morgan fingerprint density at radius 1 is 1.19 bits per heavy atom. The molecule has 0 radical (unpaired) electrons. The highest BCUT2D eigenvalue weighted by Gasteiger charge is 2.20. The minimum atomic E-state index is 0.286. The van der Waals surface area contributed by atoms with Crippen molar-refractivity contribution in [1.82, 2.24) is 15.0 Å². The topological polar surface area (TPSA) is 51.0 Å². The van der Waals surface area contributed by atoms with Gasteiger partial charge in [-0.3, -0.25) is 4.79 Å². The molecule has 1 heterocycles. The number of rotatable bonds is 6. The average molecular weight is 286 g/mol. The first-order valence-corrected chi connectivity index (χ1v) is 7.30. The molecule has 5 heteroatoms. The van der Waals surface area contributed by atoms with Crippen LogP contribution < -0.4 is 4.90 Å². The Balaban J connectivity index is 2.48. The molecule has 0 amide bonds. The summed E-state index contributed by atoms with van der Waals surface area (Å²) in [5.41, 5.74) is 3.41. The number of anilines is 1. The van der Waals surface area contributed by atoms with Crippen LogP contribution in [0.1, 0.15) is 48.8 Å². The van der Waals surface area contributed by atoms with Crippen molar-refractivity contribution in [2.45, 2.75) is 32.6 Å². The molecule has 0 aliphatic carbocycles. The predicted molar refractivity (Wildman–Crippen MR) is 84.4 cm³/mol. The minimum absolute atomic E-state index is 0.286. The van der Waals surface area contributed by atoms with Crippen molar-refractivity contribution in [2.75, 3.05) is 19.0 Å². The highest BCUT2D eigenvalue weighted by Crippen LogP contribution is 2.27. The summed E-state index contributed by atoms with van der Waals surface area (Å²) < 4.78 is 1.79. The molecule has 0 saturated carbocycles. The zero-order chi connectivity index (χ0) is 15.4. The van der Waals surface area contributed by atoms with E-state index in [1.807, 2.05) is 43.3 Å². The minimum Gasteiger partial charge on any atom is -0.378 e. The molecule has 1 aromatic carbocycles. The maximum atomic E-state index is 11.2. The van der Waals surface area contributed by atoms with E-state index >= 15 is 0 Å². The lowest BCUT2D eigenvalue weighted by atomic mass is 9.97. The molecular weight excluding hydrogens is 264 g/mol. The molecule has 5 nitrogen and oxygen atoms in total. The van der Waals surface area contributed by atoms with Gasteiger partial charge in [0.05, 0.1) is 11.4 Å². The van der Waals surface area contributed by atoms with Crippen LogP contribution in [0.25, 0.3) is 5.69 Å². The average Bonchev–Trinajstić information content (AvgIpc) is 2.92. The lowest BCUT2D eigenvalue weighted by Crippen LogP contribution is -2.10. The quantitative estimate of drug-likeness (QED) is 0.766. The second kappa shape index (κ2) is 6.52. The van der Waals surface area contributed by atoms with E-state index < -0.39 is 0 Å². The standard InChI is InChI=1S/C16H22N4O/c1-5-12(6-2)16-15(11-21)17-18-20(16)14-9-7-13(8-10-14)19(3)4/h7-12H,5-6H2,1-4H3. The van der Waals surface area contributed by atoms with E-state index in [4.69, 9.17) is 0 Å². The maximum Gasteiger partial charge on any atom is 0.172 e. The number of aromatic nitrogens is 3. The lowest BCUT2D eigenvalue weighted by Gasteiger charge is -2.16. The molecule has 0 N–H and O–H groups in total. The molecule has 0 aliphatic rings. The summed E-state index contributed by atoms with van der Waals surface area (Å²) in [6.45, 7) is 4.24. The summed E-state index contributed by atoms with van der Waals surface area (Å²) in [5.74, 6) is 0.286. The lowest BCUT2D eigenvalue weighted by molar-refractivity contribution is 0.111. The van der Waals surface area contributed by atoms with E-state index in [0.717, 1.165) is 36.2 Å². The SMILES string of the molecule is CCC(CC)c1c(C=O)nnn1-c1ccc(N(C)C)cc1. The third-order valence-electron chi connectivity index (χ3n) is 3.83. The number of aldehydes is 1. The molecule has 0 spiro atoms. The Morgan fingerprint density at radius 2 is 1.81 bits per heavy atom. The Kier molecular flexibility index (Phi) is 4.73. The predicted octanol–water partition coefficient (Wildman–Crippen LogP) is 3.05. The molecule has 2 rings (SSSR count). The van der Waals surface area contributed by atoms with Crippen LogP contribution in [0.3, 0.4) is 0 Å². The molecule has 0 fully saturated rings. The first-order chi connectivity index (χ1) is 10.1. The van der Waals surface area contributed by atoms with Gasteiger partial charge >= 0.3 is 0 Å². The summed E-state index contributed by atoms with van der Waals surface area (Å²) in [4.78, 5) is 13.3. The van der Waals surface area contributed by atoms with Gasteiger partial charge in [-0.25, -0.2) is 4.68 Å². The Labute approximate surface area is 125 Å². The van der Waals surface area contributed by atoms with Crippen LogP contribution in [0.4, 0.5) is 5.69 Å². The van der Waals surface area contributed by atoms with Crippen molar-refractivity contribution < 1.29 is 4.79 Å². The van der Waals surface area contributed by atoms with Gasteiger partial charge in [0.2, 0.25) is 0 Å². The highest BCUT2D eigenvalue weighted by atomic mass is 16.1. The van der Waals surface area contributed by atoms with Crippen molar-refractivity contribution in [1.29, 1.82) is 0 Å². The number of benzene rings is 1. The van der Waals surface area contributed by atoms with Gasteiger partial charge < -0.3 is 4.90 Å². The number of nitrogens with zero attached hydrogens (tertiary/aromatic N) is 4. The normalized spacial score (nSPS) is 10.9. The monoisotopic (exact) mass is 286 g/mol. The Morgan fingerprint density at radius 3 is 2.29 bits per heavy atom. The summed E-state index contributed by atoms with van der Waals surface area (Å²) in [6.07, 6.45) is 2.71. The van der Waals surface area contributed by atoms with Crippen LogP contribution in [0.15, 0.2) is 24.3 Å². The van der Waals surface area contributed by atoms with Crippen LogP contribution in [0, 0.1) is 0 Å². The summed E-state index contributed by atoms with van der Waals surface area (Å²) in [5, 5.41) is 8.19. The van der Waals surface area contributed by atoms with Crippen molar-refractivity contribution in [2.24, 2.45) is 0 Å². The fraction of sp³-hybridized carbons (Fsp3) is 0.438. The van der Waals surface area contributed by atoms with Gasteiger partial charge in [0.25, 0.3) is 0 Å². The van der Waals surface area contributed by atoms with Crippen molar-refractivity contribution in [3.63, 3.8) is 0 Å². The van der Waals surface area contributed by atoms with Crippen molar-refractivity contribution in [3.8, 4) is 5.69 Å². The number of hydrogen-bond donors (Lipinski definition) is 0. The van der Waals surface area contributed by atoms with Gasteiger partial charge in [-0.1, -0.05) is 19.1 Å². The fourth-order valence-electron chi connectivity index (χ4n) is 2.52. The second-order valence-electron chi connectivity index (χ2n) is 5.31. The third kappa shape index (κ3) is 2.96. The molecule has 112 valence electrons. The molecule has 1 aromatic heterocycles. The Bertz CT molecular complexity index is 597. The smallest absolute Gasteiger partial charge is 0.172 e. The third-order valence-corrected chi connectivity index (χ3v) is 3.83. The van der Waals surface area contributed by atoms with E-state index in [-0.39, 0.29) is 5.92 Å². The van der Waals surface area contributed by atoms with Crippen LogP contribution in [-0.4, -0.2) is 35.4 Å². The van der Waals surface area contributed by atoms with Crippen molar-refractivity contribution >= 4 is 12.0 Å². The zero-order valence-corrected chi connectivity index (χ0v) is 13.1. The molecule has 21 heavy (non-hydrogen) atoms. The van der Waals surface area contributed by atoms with E-state index in [0.29, 0.717) is 5.69 Å². The van der Waals surface area contributed by atoms with Crippen LogP contribution in [0.5, 0.6) is 0 Å². The Hall–Kier alpha value is -2.17. The number of carbonyl (C=O) groups excluding carboxylic acids is 1. The molecule has 0 unspecified atom stereocenters. The van der Waals surface area contributed by atoms with Crippen molar-refractivity contribution in [3.05, 3.63) is 35.7 Å². The summed E-state index contributed by atoms with van der Waals surface area (Å²) in [7, 11) is 4.01. The molecule has 2 aromatic rings. The summed E-state index contributed by atoms with van der Waals surface area (Å²) in [6, 6.07) is 8.08. The largest absolute Gasteiger partial charge is 0.378 e. The van der Waals surface area contributed by atoms with Gasteiger partial charge in [0, 0.05) is 25.7 Å². The van der Waals surface area contributed by atoms with Crippen LogP contribution in [0.2, 0.25) is 0 Å². The molecule has 0 saturated heterocycles. The molecule has 0 aliphatic heterocycles. The van der Waals surface area contributed by atoms with E-state index in [9.17, 15) is 4.79 Å². The van der Waals surface area contributed by atoms with E-state index in [1.165, 1.54) is 0 Å². The van der Waals surface area contributed by atoms with Gasteiger partial charge in [0.1, 0.15) is 5.69 Å². The molecule has 0 bridgehead atoms. The zero-order valence-electron chi connectivity index (χ0n) is 13.1. The van der Waals surface area contributed by atoms with Gasteiger partial charge in [0.15, 0.2) is 6.29 Å².